The van der Waals surface area contributed by atoms with E-state index in [9.17, 15) is 9.59 Å². The average molecular weight is 351 g/mol. The van der Waals surface area contributed by atoms with Gasteiger partial charge in [-0.05, 0) is 23.8 Å². The molecule has 0 saturated carbocycles. The molecule has 2 heterocycles. The molecule has 0 unspecified atom stereocenters. The molecule has 0 saturated heterocycles. The molecule has 0 spiro atoms. The van der Waals surface area contributed by atoms with Gasteiger partial charge in [0.15, 0.2) is 0 Å². The van der Waals surface area contributed by atoms with Gasteiger partial charge in [-0.15, -0.1) is 0 Å². The maximum Gasteiger partial charge on any atom is 0.344 e. The fourth-order valence-corrected chi connectivity index (χ4v) is 2.43. The molecule has 0 radical (unpaired) electrons. The van der Waals surface area contributed by atoms with Gasteiger partial charge in [0, 0.05) is 28.9 Å². The third kappa shape index (κ3) is 4.05. The minimum absolute atomic E-state index is 0.0365. The molecule has 0 fully saturated rings. The Labute approximate surface area is 150 Å². The van der Waals surface area contributed by atoms with Crippen molar-refractivity contribution in [3.05, 3.63) is 70.2 Å². The molecule has 7 nitrogen and oxygen atoms in total. The van der Waals surface area contributed by atoms with Crippen molar-refractivity contribution >= 4 is 5.91 Å². The van der Waals surface area contributed by atoms with Crippen molar-refractivity contribution in [2.75, 3.05) is 0 Å². The van der Waals surface area contributed by atoms with Gasteiger partial charge in [-0.1, -0.05) is 32.9 Å². The van der Waals surface area contributed by atoms with Gasteiger partial charge in [0.05, 0.1) is 17.9 Å². The van der Waals surface area contributed by atoms with Gasteiger partial charge < -0.3 is 10.3 Å². The molecule has 1 amide bonds. The van der Waals surface area contributed by atoms with Crippen molar-refractivity contribution in [1.29, 1.82) is 0 Å². The summed E-state index contributed by atoms with van der Waals surface area (Å²) in [6.07, 6.45) is 3.09. The second-order valence-electron chi connectivity index (χ2n) is 7.10. The number of benzene rings is 1. The Hall–Kier alpha value is -3.22. The largest absolute Gasteiger partial charge is 0.346 e. The smallest absolute Gasteiger partial charge is 0.344 e. The quantitative estimate of drug-likeness (QED) is 0.671. The van der Waals surface area contributed by atoms with Crippen LogP contribution >= 0.6 is 0 Å². The number of aromatic amines is 2. The number of nitrogens with zero attached hydrogens (tertiary/aromatic N) is 2. The highest BCUT2D eigenvalue weighted by molar-refractivity contribution is 5.94. The fourth-order valence-electron chi connectivity index (χ4n) is 2.43. The van der Waals surface area contributed by atoms with E-state index in [1.54, 1.807) is 18.3 Å². The van der Waals surface area contributed by atoms with E-state index >= 15 is 0 Å². The number of rotatable bonds is 4. The van der Waals surface area contributed by atoms with E-state index in [0.29, 0.717) is 12.1 Å². The van der Waals surface area contributed by atoms with Crippen LogP contribution in [0.2, 0.25) is 0 Å². The minimum atomic E-state index is -0.391. The predicted octanol–water partition coefficient (Wildman–Crippen LogP) is 2.39. The number of aromatic nitrogens is 4. The molecule has 0 aliphatic carbocycles. The summed E-state index contributed by atoms with van der Waals surface area (Å²) in [5, 5.41) is 10.1. The summed E-state index contributed by atoms with van der Waals surface area (Å²) in [5.41, 5.74) is 3.60. The maximum atomic E-state index is 12.3. The molecule has 3 aromatic rings. The molecule has 7 heteroatoms. The van der Waals surface area contributed by atoms with E-state index in [1.807, 2.05) is 18.2 Å². The molecule has 1 aromatic carbocycles. The van der Waals surface area contributed by atoms with Crippen LogP contribution in [0.5, 0.6) is 0 Å². The first-order valence-corrected chi connectivity index (χ1v) is 8.31. The van der Waals surface area contributed by atoms with E-state index < -0.39 is 5.69 Å². The molecule has 3 N–H and O–H groups in total. The van der Waals surface area contributed by atoms with Gasteiger partial charge in [-0.25, -0.2) is 9.78 Å². The van der Waals surface area contributed by atoms with Crippen molar-refractivity contribution in [3.8, 4) is 11.1 Å². The van der Waals surface area contributed by atoms with Gasteiger partial charge in [0.1, 0.15) is 0 Å². The Morgan fingerprint density at radius 2 is 1.88 bits per heavy atom. The fraction of sp³-hybridized carbons (Fsp3) is 0.263. The normalized spacial score (nSPS) is 11.3. The number of carbonyl (C=O) groups is 1. The van der Waals surface area contributed by atoms with Crippen molar-refractivity contribution < 1.29 is 4.79 Å². The molecule has 0 atom stereocenters. The van der Waals surface area contributed by atoms with E-state index in [1.165, 1.54) is 6.20 Å². The summed E-state index contributed by atoms with van der Waals surface area (Å²) in [6, 6.07) is 9.08. The van der Waals surface area contributed by atoms with Crippen molar-refractivity contribution in [3.63, 3.8) is 0 Å². The Morgan fingerprint density at radius 3 is 2.46 bits per heavy atom. The lowest BCUT2D eigenvalue weighted by molar-refractivity contribution is 0.0950. The highest BCUT2D eigenvalue weighted by Crippen LogP contribution is 2.20. The molecule has 0 aliphatic rings. The van der Waals surface area contributed by atoms with Gasteiger partial charge in [-0.2, -0.15) is 5.10 Å². The zero-order valence-corrected chi connectivity index (χ0v) is 15.0. The van der Waals surface area contributed by atoms with Crippen LogP contribution in [0.4, 0.5) is 0 Å². The van der Waals surface area contributed by atoms with Crippen molar-refractivity contribution in [2.45, 2.75) is 32.7 Å². The summed E-state index contributed by atoms with van der Waals surface area (Å²) in [4.78, 5) is 29.6. The molecule has 3 rings (SSSR count). The Balaban J connectivity index is 1.64. The number of hydrogen-bond acceptors (Lipinski definition) is 4. The van der Waals surface area contributed by atoms with E-state index in [0.717, 1.165) is 22.5 Å². The Morgan fingerprint density at radius 1 is 1.15 bits per heavy atom. The van der Waals surface area contributed by atoms with Gasteiger partial charge in [-0.3, -0.25) is 9.89 Å². The van der Waals surface area contributed by atoms with Crippen molar-refractivity contribution in [1.82, 2.24) is 25.5 Å². The summed E-state index contributed by atoms with van der Waals surface area (Å²) in [7, 11) is 0. The summed E-state index contributed by atoms with van der Waals surface area (Å²) in [6.45, 7) is 6.65. The Kier molecular flexibility index (Phi) is 4.71. The molecule has 0 aliphatic heterocycles. The van der Waals surface area contributed by atoms with E-state index in [4.69, 9.17) is 0 Å². The number of nitrogens with one attached hydrogen (secondary N) is 3. The maximum absolute atomic E-state index is 12.3. The monoisotopic (exact) mass is 351 g/mol. The van der Waals surface area contributed by atoms with Crippen LogP contribution in [0.1, 0.15) is 42.5 Å². The molecular weight excluding hydrogens is 330 g/mol. The first-order valence-electron chi connectivity index (χ1n) is 8.31. The predicted molar refractivity (Wildman–Crippen MR) is 98.8 cm³/mol. The van der Waals surface area contributed by atoms with Gasteiger partial charge >= 0.3 is 5.69 Å². The number of amides is 1. The van der Waals surface area contributed by atoms with E-state index in [-0.39, 0.29) is 11.3 Å². The lowest BCUT2D eigenvalue weighted by Gasteiger charge is -2.13. The van der Waals surface area contributed by atoms with E-state index in [2.05, 4.69) is 46.3 Å². The molecule has 134 valence electrons. The summed E-state index contributed by atoms with van der Waals surface area (Å²) >= 11 is 0. The lowest BCUT2D eigenvalue weighted by Crippen LogP contribution is -2.22. The summed E-state index contributed by atoms with van der Waals surface area (Å²) in [5.74, 6) is -0.164. The summed E-state index contributed by atoms with van der Waals surface area (Å²) < 4.78 is 0. The Bertz CT molecular complexity index is 944. The van der Waals surface area contributed by atoms with Crippen LogP contribution in [0.25, 0.3) is 11.1 Å². The molecule has 26 heavy (non-hydrogen) atoms. The SMILES string of the molecule is CC(C)(C)c1cc(CNC(=O)c2ccc(-c3cnc(=O)[nH]c3)cc2)[nH]n1. The van der Waals surface area contributed by atoms with Crippen LogP contribution in [-0.4, -0.2) is 26.1 Å². The zero-order valence-electron chi connectivity index (χ0n) is 15.0. The first kappa shape index (κ1) is 17.6. The van der Waals surface area contributed by atoms with Crippen LogP contribution in [0, 0.1) is 0 Å². The standard InChI is InChI=1S/C19H21N5O2/c1-19(2,3)16-8-15(23-24-16)11-20-17(25)13-6-4-12(5-7-13)14-9-21-18(26)22-10-14/h4-10H,11H2,1-3H3,(H,20,25)(H,23,24)(H,21,22,26). The van der Waals surface area contributed by atoms with Crippen LogP contribution in [0.15, 0.2) is 47.5 Å². The highest BCUT2D eigenvalue weighted by atomic mass is 16.1. The third-order valence-electron chi connectivity index (χ3n) is 3.99. The third-order valence-corrected chi connectivity index (χ3v) is 3.99. The molecule has 2 aromatic heterocycles. The molecule has 0 bridgehead atoms. The number of hydrogen-bond donors (Lipinski definition) is 3. The lowest BCUT2D eigenvalue weighted by atomic mass is 9.92. The van der Waals surface area contributed by atoms with Crippen LogP contribution < -0.4 is 11.0 Å². The highest BCUT2D eigenvalue weighted by Gasteiger charge is 2.17. The second kappa shape index (κ2) is 6.95. The zero-order chi connectivity index (χ0) is 18.7. The van der Waals surface area contributed by atoms with Crippen molar-refractivity contribution in [2.24, 2.45) is 0 Å². The average Bonchev–Trinajstić information content (AvgIpc) is 3.10. The number of H-pyrrole nitrogens is 2. The van der Waals surface area contributed by atoms with Gasteiger partial charge in [0.2, 0.25) is 0 Å². The minimum Gasteiger partial charge on any atom is -0.346 e. The first-order chi connectivity index (χ1) is 12.3. The topological polar surface area (TPSA) is 104 Å². The van der Waals surface area contributed by atoms with Crippen LogP contribution in [0.3, 0.4) is 0 Å². The van der Waals surface area contributed by atoms with Gasteiger partial charge in [0.25, 0.3) is 5.91 Å². The second-order valence-corrected chi connectivity index (χ2v) is 7.10. The number of carbonyl (C=O) groups excluding carboxylic acids is 1. The van der Waals surface area contributed by atoms with Crippen LogP contribution in [-0.2, 0) is 12.0 Å². The molecular formula is C19H21N5O2.